The fraction of sp³-hybridized carbons (Fsp3) is 0.800. The van der Waals surface area contributed by atoms with Crippen molar-refractivity contribution in [2.24, 2.45) is 5.92 Å². The zero-order valence-corrected chi connectivity index (χ0v) is 9.60. The Morgan fingerprint density at radius 2 is 2.00 bits per heavy atom. The van der Waals surface area contributed by atoms with Gasteiger partial charge in [-0.3, -0.25) is 9.59 Å². The molecule has 0 aromatic carbocycles. The molecule has 0 spiro atoms. The molecule has 0 saturated heterocycles. The molecule has 0 rings (SSSR count). The molecule has 4 heteroatoms. The lowest BCUT2D eigenvalue weighted by molar-refractivity contribution is -0.142. The van der Waals surface area contributed by atoms with E-state index in [0.29, 0.717) is 6.42 Å². The molecule has 0 aromatic rings. The summed E-state index contributed by atoms with van der Waals surface area (Å²) in [6, 6.07) is 0. The van der Waals surface area contributed by atoms with Crippen molar-refractivity contribution in [3.05, 3.63) is 0 Å². The number of carbonyl (C=O) groups is 2. The molecule has 0 radical (unpaired) electrons. The summed E-state index contributed by atoms with van der Waals surface area (Å²) in [4.78, 5) is 21.2. The van der Waals surface area contributed by atoms with Gasteiger partial charge in [-0.05, 0) is 19.3 Å². The Morgan fingerprint density at radius 3 is 2.43 bits per heavy atom. The third-order valence-electron chi connectivity index (χ3n) is 2.09. The maximum atomic E-state index is 10.6. The number of hydrogen-bond acceptors (Lipinski definition) is 3. The highest BCUT2D eigenvalue weighted by Crippen LogP contribution is 2.14. The minimum absolute atomic E-state index is 0.135. The van der Waals surface area contributed by atoms with Crippen molar-refractivity contribution in [3.8, 4) is 0 Å². The average Bonchev–Trinajstić information content (AvgIpc) is 2.10. The molecule has 0 aliphatic heterocycles. The predicted octanol–water partition coefficient (Wildman–Crippen LogP) is 2.55. The molecule has 0 unspecified atom stereocenters. The normalized spacial score (nSPS) is 12.4. The Balaban J connectivity index is 3.42. The van der Waals surface area contributed by atoms with Crippen LogP contribution in [-0.4, -0.2) is 21.9 Å². The van der Waals surface area contributed by atoms with E-state index < -0.39 is 5.97 Å². The number of unbranched alkanes of at least 4 members (excludes halogenated alkanes) is 1. The predicted molar refractivity (Wildman–Crippen MR) is 58.4 cm³/mol. The first-order valence-electron chi connectivity index (χ1n) is 4.94. The molecular formula is C10H18O3S. The molecule has 0 aliphatic carbocycles. The minimum atomic E-state index is -0.702. The van der Waals surface area contributed by atoms with Gasteiger partial charge in [0.25, 0.3) is 0 Å². The molecular weight excluding hydrogens is 200 g/mol. The Morgan fingerprint density at radius 1 is 1.36 bits per heavy atom. The molecule has 82 valence electrons. The smallest absolute Gasteiger partial charge is 0.306 e. The highest BCUT2D eigenvalue weighted by molar-refractivity contribution is 8.13. The van der Waals surface area contributed by atoms with Gasteiger partial charge in [0.15, 0.2) is 5.12 Å². The molecule has 0 bridgehead atoms. The lowest BCUT2D eigenvalue weighted by Crippen LogP contribution is -2.12. The molecule has 1 atom stereocenters. The summed E-state index contributed by atoms with van der Waals surface area (Å²) in [6.45, 7) is 3.44. The summed E-state index contributed by atoms with van der Waals surface area (Å²) in [5, 5.41) is 8.89. The molecule has 1 N–H and O–H groups in total. The summed E-state index contributed by atoms with van der Waals surface area (Å²) in [6.07, 6.45) is 3.23. The summed E-state index contributed by atoms with van der Waals surface area (Å²) in [5.41, 5.74) is 0. The van der Waals surface area contributed by atoms with E-state index in [9.17, 15) is 9.59 Å². The van der Waals surface area contributed by atoms with Gasteiger partial charge in [0, 0.05) is 12.7 Å². The number of hydrogen-bond donors (Lipinski definition) is 1. The Hall–Kier alpha value is -0.510. The molecule has 0 aliphatic rings. The second-order valence-electron chi connectivity index (χ2n) is 3.28. The lowest BCUT2D eigenvalue weighted by atomic mass is 10.00. The highest BCUT2D eigenvalue weighted by atomic mass is 32.2. The van der Waals surface area contributed by atoms with Gasteiger partial charge < -0.3 is 5.11 Å². The zero-order chi connectivity index (χ0) is 11.0. The highest BCUT2D eigenvalue weighted by Gasteiger charge is 2.13. The van der Waals surface area contributed by atoms with Crippen LogP contribution in [0.15, 0.2) is 0 Å². The van der Waals surface area contributed by atoms with Crippen LogP contribution in [0.25, 0.3) is 0 Å². The number of carboxylic acids is 1. The minimum Gasteiger partial charge on any atom is -0.481 e. The van der Waals surface area contributed by atoms with E-state index in [-0.39, 0.29) is 11.0 Å². The van der Waals surface area contributed by atoms with E-state index in [1.54, 1.807) is 6.92 Å². The average molecular weight is 218 g/mol. The molecule has 3 nitrogen and oxygen atoms in total. The second kappa shape index (κ2) is 7.85. The van der Waals surface area contributed by atoms with Crippen molar-refractivity contribution in [1.29, 1.82) is 0 Å². The van der Waals surface area contributed by atoms with Gasteiger partial charge in [-0.1, -0.05) is 25.1 Å². The fourth-order valence-corrected chi connectivity index (χ4v) is 1.85. The number of carboxylic acid groups (broad SMARTS) is 1. The maximum Gasteiger partial charge on any atom is 0.306 e. The van der Waals surface area contributed by atoms with Crippen molar-refractivity contribution in [2.75, 3.05) is 5.75 Å². The van der Waals surface area contributed by atoms with E-state index in [2.05, 4.69) is 0 Å². The summed E-state index contributed by atoms with van der Waals surface area (Å²) in [5.74, 6) is -0.102. The van der Waals surface area contributed by atoms with Gasteiger partial charge >= 0.3 is 5.97 Å². The van der Waals surface area contributed by atoms with Gasteiger partial charge in [-0.2, -0.15) is 0 Å². The van der Waals surface area contributed by atoms with Crippen molar-refractivity contribution in [2.45, 2.75) is 39.5 Å². The number of aliphatic carboxylic acids is 1. The maximum absolute atomic E-state index is 10.6. The van der Waals surface area contributed by atoms with Gasteiger partial charge in [0.1, 0.15) is 0 Å². The molecule has 0 amide bonds. The van der Waals surface area contributed by atoms with Crippen LogP contribution < -0.4 is 0 Å². The molecule has 0 aromatic heterocycles. The van der Waals surface area contributed by atoms with Crippen LogP contribution in [0, 0.1) is 5.92 Å². The van der Waals surface area contributed by atoms with Crippen LogP contribution in [0.3, 0.4) is 0 Å². The topological polar surface area (TPSA) is 54.4 Å². The van der Waals surface area contributed by atoms with Crippen molar-refractivity contribution in [3.63, 3.8) is 0 Å². The quantitative estimate of drug-likeness (QED) is 0.667. The third kappa shape index (κ3) is 6.95. The third-order valence-corrected chi connectivity index (χ3v) is 2.99. The standard InChI is InChI=1S/C10H18O3S/c1-3-9(10(12)13)6-4-5-7-14-8(2)11/h9H,3-7H2,1-2H3,(H,12,13)/t9-/m0/s1. The van der Waals surface area contributed by atoms with Crippen LogP contribution in [0.5, 0.6) is 0 Å². The van der Waals surface area contributed by atoms with E-state index in [1.165, 1.54) is 11.8 Å². The van der Waals surface area contributed by atoms with E-state index in [0.717, 1.165) is 25.0 Å². The molecule has 0 saturated carbocycles. The van der Waals surface area contributed by atoms with Crippen molar-refractivity contribution in [1.82, 2.24) is 0 Å². The molecule has 0 fully saturated rings. The molecule has 14 heavy (non-hydrogen) atoms. The first kappa shape index (κ1) is 13.5. The van der Waals surface area contributed by atoms with Gasteiger partial charge in [0.05, 0.1) is 5.92 Å². The SMILES string of the molecule is CC[C@@H](CCCCSC(C)=O)C(=O)O. The number of carbonyl (C=O) groups excluding carboxylic acids is 1. The monoisotopic (exact) mass is 218 g/mol. The Labute approximate surface area is 89.3 Å². The number of rotatable bonds is 7. The molecule has 0 heterocycles. The first-order chi connectivity index (χ1) is 6.57. The van der Waals surface area contributed by atoms with Crippen LogP contribution in [0.4, 0.5) is 0 Å². The van der Waals surface area contributed by atoms with Crippen molar-refractivity contribution >= 4 is 22.8 Å². The summed E-state index contributed by atoms with van der Waals surface area (Å²) in [7, 11) is 0. The fourth-order valence-electron chi connectivity index (χ4n) is 1.21. The first-order valence-corrected chi connectivity index (χ1v) is 5.92. The Bertz CT molecular complexity index is 192. The van der Waals surface area contributed by atoms with E-state index in [4.69, 9.17) is 5.11 Å². The summed E-state index contributed by atoms with van der Waals surface area (Å²) < 4.78 is 0. The largest absolute Gasteiger partial charge is 0.481 e. The van der Waals surface area contributed by atoms with E-state index >= 15 is 0 Å². The lowest BCUT2D eigenvalue weighted by Gasteiger charge is -2.08. The van der Waals surface area contributed by atoms with Crippen LogP contribution in [-0.2, 0) is 9.59 Å². The van der Waals surface area contributed by atoms with Crippen LogP contribution >= 0.6 is 11.8 Å². The second-order valence-corrected chi connectivity index (χ2v) is 4.55. The van der Waals surface area contributed by atoms with Gasteiger partial charge in [-0.25, -0.2) is 0 Å². The van der Waals surface area contributed by atoms with Gasteiger partial charge in [-0.15, -0.1) is 0 Å². The van der Waals surface area contributed by atoms with Crippen molar-refractivity contribution < 1.29 is 14.7 Å². The Kier molecular flexibility index (Phi) is 7.57. The van der Waals surface area contributed by atoms with Crippen LogP contribution in [0.1, 0.15) is 39.5 Å². The van der Waals surface area contributed by atoms with Gasteiger partial charge in [0.2, 0.25) is 0 Å². The van der Waals surface area contributed by atoms with E-state index in [1.807, 2.05) is 6.92 Å². The number of thioether (sulfide) groups is 1. The summed E-state index contributed by atoms with van der Waals surface area (Å²) >= 11 is 1.31. The zero-order valence-electron chi connectivity index (χ0n) is 8.78. The van der Waals surface area contributed by atoms with Crippen LogP contribution in [0.2, 0.25) is 0 Å².